The number of rotatable bonds is 5. The minimum Gasteiger partial charge on any atom is -0.323 e. The van der Waals surface area contributed by atoms with Gasteiger partial charge in [-0.1, -0.05) is 55.3 Å². The fourth-order valence-corrected chi connectivity index (χ4v) is 2.39. The van der Waals surface area contributed by atoms with Crippen molar-refractivity contribution in [2.75, 3.05) is 5.32 Å². The lowest BCUT2D eigenvalue weighted by Crippen LogP contribution is -2.21. The van der Waals surface area contributed by atoms with Gasteiger partial charge in [0.25, 0.3) is 0 Å². The molecule has 2 rings (SSSR count). The smallest absolute Gasteiger partial charge is 0.231 e. The molecule has 0 saturated heterocycles. The van der Waals surface area contributed by atoms with Gasteiger partial charge in [-0.25, -0.2) is 4.39 Å². The molecule has 0 saturated carbocycles. The van der Waals surface area contributed by atoms with Crippen molar-refractivity contribution in [2.24, 2.45) is 0 Å². The molecule has 1 N–H and O–H groups in total. The number of halogens is 2. The molecule has 21 heavy (non-hydrogen) atoms. The monoisotopic (exact) mass is 305 g/mol. The molecule has 0 radical (unpaired) electrons. The van der Waals surface area contributed by atoms with E-state index in [1.807, 2.05) is 37.3 Å². The predicted octanol–water partition coefficient (Wildman–Crippen LogP) is 5.00. The number of hydrogen-bond donors (Lipinski definition) is 1. The molecular formula is C17H17ClFNO. The van der Waals surface area contributed by atoms with Crippen LogP contribution in [0.25, 0.3) is 0 Å². The normalized spacial score (nSPS) is 12.0. The van der Waals surface area contributed by atoms with E-state index in [2.05, 4.69) is 5.32 Å². The average Bonchev–Trinajstić information content (AvgIpc) is 2.48. The zero-order chi connectivity index (χ0) is 15.2. The minimum atomic E-state index is -0.529. The Balaban J connectivity index is 2.19. The first kappa shape index (κ1) is 15.5. The summed E-state index contributed by atoms with van der Waals surface area (Å²) in [7, 11) is 0. The van der Waals surface area contributed by atoms with Crippen LogP contribution >= 0.6 is 11.6 Å². The Hall–Kier alpha value is -1.87. The molecule has 0 bridgehead atoms. The zero-order valence-electron chi connectivity index (χ0n) is 11.8. The average molecular weight is 306 g/mol. The summed E-state index contributed by atoms with van der Waals surface area (Å²) in [5.74, 6) is -1.02. The standard InChI is InChI=1S/C17H17ClFNO/c1-2-6-14(12-7-4-3-5-8-12)17(21)20-16-10-9-13(18)11-15(16)19/h3-5,7-11,14H,2,6H2,1H3,(H,20,21)/t14-/m0/s1. The highest BCUT2D eigenvalue weighted by Crippen LogP contribution is 2.25. The van der Waals surface area contributed by atoms with E-state index in [1.54, 1.807) is 6.07 Å². The van der Waals surface area contributed by atoms with E-state index >= 15 is 0 Å². The van der Waals surface area contributed by atoms with Crippen molar-refractivity contribution in [3.05, 3.63) is 64.9 Å². The van der Waals surface area contributed by atoms with E-state index in [-0.39, 0.29) is 17.5 Å². The van der Waals surface area contributed by atoms with Gasteiger partial charge in [0, 0.05) is 5.02 Å². The summed E-state index contributed by atoms with van der Waals surface area (Å²) in [6.45, 7) is 2.02. The second-order valence-electron chi connectivity index (χ2n) is 4.87. The second-order valence-corrected chi connectivity index (χ2v) is 5.30. The summed E-state index contributed by atoms with van der Waals surface area (Å²) < 4.78 is 13.8. The van der Waals surface area contributed by atoms with E-state index in [4.69, 9.17) is 11.6 Å². The van der Waals surface area contributed by atoms with Crippen LogP contribution in [0.2, 0.25) is 5.02 Å². The molecule has 2 aromatic rings. The third-order valence-corrected chi connectivity index (χ3v) is 3.52. The summed E-state index contributed by atoms with van der Waals surface area (Å²) in [5, 5.41) is 2.95. The second kappa shape index (κ2) is 7.23. The molecule has 4 heteroatoms. The molecule has 0 heterocycles. The number of carbonyl (C=O) groups excluding carboxylic acids is 1. The van der Waals surface area contributed by atoms with Gasteiger partial charge in [0.2, 0.25) is 5.91 Å². The van der Waals surface area contributed by atoms with Gasteiger partial charge < -0.3 is 5.32 Å². The number of amides is 1. The van der Waals surface area contributed by atoms with Gasteiger partial charge in [-0.3, -0.25) is 4.79 Å². The molecule has 1 atom stereocenters. The van der Waals surface area contributed by atoms with Gasteiger partial charge in [0.1, 0.15) is 5.82 Å². The maximum Gasteiger partial charge on any atom is 0.231 e. The molecule has 0 aromatic heterocycles. The van der Waals surface area contributed by atoms with E-state index in [9.17, 15) is 9.18 Å². The van der Waals surface area contributed by atoms with Crippen molar-refractivity contribution in [1.29, 1.82) is 0 Å². The first-order valence-corrected chi connectivity index (χ1v) is 7.30. The molecule has 2 aromatic carbocycles. The van der Waals surface area contributed by atoms with Crippen LogP contribution in [0, 0.1) is 5.82 Å². The molecule has 110 valence electrons. The van der Waals surface area contributed by atoms with Gasteiger partial charge in [-0.15, -0.1) is 0 Å². The number of hydrogen-bond acceptors (Lipinski definition) is 1. The molecule has 0 spiro atoms. The summed E-state index contributed by atoms with van der Waals surface area (Å²) in [5.41, 5.74) is 1.09. The summed E-state index contributed by atoms with van der Waals surface area (Å²) in [4.78, 5) is 12.4. The molecule has 0 aliphatic rings. The largest absolute Gasteiger partial charge is 0.323 e. The Morgan fingerprint density at radius 2 is 1.95 bits per heavy atom. The van der Waals surface area contributed by atoms with Crippen LogP contribution in [0.15, 0.2) is 48.5 Å². The molecule has 0 unspecified atom stereocenters. The minimum absolute atomic E-state index is 0.154. The van der Waals surface area contributed by atoms with Crippen molar-refractivity contribution >= 4 is 23.2 Å². The Morgan fingerprint density at radius 1 is 1.24 bits per heavy atom. The maximum atomic E-state index is 13.8. The Bertz CT molecular complexity index is 615. The van der Waals surface area contributed by atoms with Gasteiger partial charge in [-0.2, -0.15) is 0 Å². The third kappa shape index (κ3) is 4.05. The van der Waals surface area contributed by atoms with Gasteiger partial charge in [0.15, 0.2) is 0 Å². The summed E-state index contributed by atoms with van der Waals surface area (Å²) in [6, 6.07) is 13.7. The van der Waals surface area contributed by atoms with Gasteiger partial charge in [0.05, 0.1) is 11.6 Å². The van der Waals surface area contributed by atoms with Crippen LogP contribution in [0.3, 0.4) is 0 Å². The molecular weight excluding hydrogens is 289 g/mol. The van der Waals surface area contributed by atoms with Crippen LogP contribution in [0.5, 0.6) is 0 Å². The maximum absolute atomic E-state index is 13.8. The van der Waals surface area contributed by atoms with E-state index < -0.39 is 5.82 Å². The van der Waals surface area contributed by atoms with Crippen molar-refractivity contribution in [2.45, 2.75) is 25.7 Å². The zero-order valence-corrected chi connectivity index (χ0v) is 12.5. The highest BCUT2D eigenvalue weighted by atomic mass is 35.5. The Kier molecular flexibility index (Phi) is 5.34. The highest BCUT2D eigenvalue weighted by Gasteiger charge is 2.20. The molecule has 0 fully saturated rings. The van der Waals surface area contributed by atoms with Crippen LogP contribution in [-0.2, 0) is 4.79 Å². The number of benzene rings is 2. The Morgan fingerprint density at radius 3 is 2.57 bits per heavy atom. The third-order valence-electron chi connectivity index (χ3n) is 3.28. The number of nitrogens with one attached hydrogen (secondary N) is 1. The summed E-state index contributed by atoms with van der Waals surface area (Å²) in [6.07, 6.45) is 1.58. The van der Waals surface area contributed by atoms with E-state index in [1.165, 1.54) is 12.1 Å². The van der Waals surface area contributed by atoms with Crippen LogP contribution < -0.4 is 5.32 Å². The highest BCUT2D eigenvalue weighted by molar-refractivity contribution is 6.30. The van der Waals surface area contributed by atoms with Gasteiger partial charge >= 0.3 is 0 Å². The predicted molar refractivity (Wildman–Crippen MR) is 84.1 cm³/mol. The summed E-state index contributed by atoms with van der Waals surface area (Å²) >= 11 is 5.71. The van der Waals surface area contributed by atoms with Crippen molar-refractivity contribution in [3.63, 3.8) is 0 Å². The van der Waals surface area contributed by atoms with Crippen LogP contribution in [-0.4, -0.2) is 5.91 Å². The lowest BCUT2D eigenvalue weighted by molar-refractivity contribution is -0.117. The van der Waals surface area contributed by atoms with E-state index in [0.29, 0.717) is 11.4 Å². The fraction of sp³-hybridized carbons (Fsp3) is 0.235. The first-order valence-electron chi connectivity index (χ1n) is 6.92. The molecule has 1 amide bonds. The first-order chi connectivity index (χ1) is 10.1. The number of anilines is 1. The quantitative estimate of drug-likeness (QED) is 0.827. The van der Waals surface area contributed by atoms with Gasteiger partial charge in [-0.05, 0) is 30.2 Å². The molecule has 0 aliphatic heterocycles. The van der Waals surface area contributed by atoms with Crippen LogP contribution in [0.1, 0.15) is 31.2 Å². The van der Waals surface area contributed by atoms with Crippen molar-refractivity contribution < 1.29 is 9.18 Å². The molecule has 2 nitrogen and oxygen atoms in total. The topological polar surface area (TPSA) is 29.1 Å². The SMILES string of the molecule is CCC[C@H](C(=O)Nc1ccc(Cl)cc1F)c1ccccc1. The van der Waals surface area contributed by atoms with Crippen LogP contribution in [0.4, 0.5) is 10.1 Å². The fourth-order valence-electron chi connectivity index (χ4n) is 2.23. The Labute approximate surface area is 128 Å². The lowest BCUT2D eigenvalue weighted by atomic mass is 9.93. The van der Waals surface area contributed by atoms with E-state index in [0.717, 1.165) is 12.0 Å². The van der Waals surface area contributed by atoms with Crippen molar-refractivity contribution in [3.8, 4) is 0 Å². The molecule has 0 aliphatic carbocycles. The number of carbonyl (C=O) groups is 1. The lowest BCUT2D eigenvalue weighted by Gasteiger charge is -2.17. The van der Waals surface area contributed by atoms with Crippen molar-refractivity contribution in [1.82, 2.24) is 0 Å².